The molecule has 1 unspecified atom stereocenters. The highest BCUT2D eigenvalue weighted by molar-refractivity contribution is 5.97. The van der Waals surface area contributed by atoms with Crippen LogP contribution in [0.15, 0.2) is 42.5 Å². The topological polar surface area (TPSA) is 51.2 Å². The summed E-state index contributed by atoms with van der Waals surface area (Å²) in [6.07, 6.45) is 4.44. The van der Waals surface area contributed by atoms with E-state index in [2.05, 4.69) is 11.0 Å². The molecule has 0 spiro atoms. The third kappa shape index (κ3) is 5.36. The molecule has 172 valence electrons. The van der Waals surface area contributed by atoms with Gasteiger partial charge in [0.05, 0.1) is 26.4 Å². The first-order valence-corrected chi connectivity index (χ1v) is 11.6. The molecule has 1 atom stereocenters. The van der Waals surface area contributed by atoms with Gasteiger partial charge in [0.15, 0.2) is 0 Å². The minimum atomic E-state index is 0.0912. The number of piperidine rings is 1. The van der Waals surface area contributed by atoms with Gasteiger partial charge in [0.1, 0.15) is 17.2 Å². The van der Waals surface area contributed by atoms with Crippen LogP contribution in [0.4, 0.5) is 0 Å². The maximum Gasteiger partial charge on any atom is 0.257 e. The number of hydrogen-bond acceptors (Lipinski definition) is 5. The Kier molecular flexibility index (Phi) is 7.53. The molecule has 0 aromatic heterocycles. The van der Waals surface area contributed by atoms with Crippen molar-refractivity contribution in [3.05, 3.63) is 53.6 Å². The predicted molar refractivity (Wildman–Crippen MR) is 125 cm³/mol. The number of amides is 1. The molecule has 0 bridgehead atoms. The molecule has 1 amide bonds. The Morgan fingerprint density at radius 1 is 0.969 bits per heavy atom. The Balaban J connectivity index is 1.37. The van der Waals surface area contributed by atoms with Crippen molar-refractivity contribution in [1.82, 2.24) is 9.80 Å². The van der Waals surface area contributed by atoms with Crippen molar-refractivity contribution in [2.45, 2.75) is 32.2 Å². The van der Waals surface area contributed by atoms with Crippen molar-refractivity contribution in [2.24, 2.45) is 5.92 Å². The SMILES string of the molecule is COc1ccc(OC)c(CN2CCCC(COc3ccccc3C(=O)N3CCCC3)C2)c1. The molecule has 0 saturated carbocycles. The lowest BCUT2D eigenvalue weighted by atomic mass is 9.98. The van der Waals surface area contributed by atoms with Crippen LogP contribution in [0.2, 0.25) is 0 Å². The van der Waals surface area contributed by atoms with E-state index in [1.165, 1.54) is 0 Å². The highest BCUT2D eigenvalue weighted by Crippen LogP contribution is 2.28. The van der Waals surface area contributed by atoms with Crippen molar-refractivity contribution < 1.29 is 19.0 Å². The van der Waals surface area contributed by atoms with Crippen molar-refractivity contribution in [1.29, 1.82) is 0 Å². The maximum absolute atomic E-state index is 12.9. The van der Waals surface area contributed by atoms with Gasteiger partial charge in [0.25, 0.3) is 5.91 Å². The van der Waals surface area contributed by atoms with Crippen molar-refractivity contribution >= 4 is 5.91 Å². The van der Waals surface area contributed by atoms with Gasteiger partial charge in [0.2, 0.25) is 0 Å². The molecule has 2 fully saturated rings. The normalized spacial score (nSPS) is 19.1. The molecule has 2 aromatic rings. The molecule has 2 aliphatic heterocycles. The van der Waals surface area contributed by atoms with Gasteiger partial charge >= 0.3 is 0 Å². The summed E-state index contributed by atoms with van der Waals surface area (Å²) >= 11 is 0. The summed E-state index contributed by atoms with van der Waals surface area (Å²) in [7, 11) is 3.39. The second-order valence-corrected chi connectivity index (χ2v) is 8.73. The fraction of sp³-hybridized carbons (Fsp3) is 0.500. The molecule has 2 aromatic carbocycles. The highest BCUT2D eigenvalue weighted by Gasteiger charge is 2.25. The predicted octanol–water partition coefficient (Wildman–Crippen LogP) is 4.23. The first-order chi connectivity index (χ1) is 15.7. The number of carbonyl (C=O) groups excluding carboxylic acids is 1. The molecule has 2 aliphatic rings. The summed E-state index contributed by atoms with van der Waals surface area (Å²) < 4.78 is 17.2. The van der Waals surface area contributed by atoms with Crippen LogP contribution < -0.4 is 14.2 Å². The third-order valence-corrected chi connectivity index (χ3v) is 6.47. The number of methoxy groups -OCH3 is 2. The van der Waals surface area contributed by atoms with Gasteiger partial charge < -0.3 is 19.1 Å². The van der Waals surface area contributed by atoms with Gasteiger partial charge in [-0.1, -0.05) is 12.1 Å². The van der Waals surface area contributed by atoms with Gasteiger partial charge in [-0.15, -0.1) is 0 Å². The molecule has 32 heavy (non-hydrogen) atoms. The zero-order valence-electron chi connectivity index (χ0n) is 19.2. The van der Waals surface area contributed by atoms with Crippen molar-refractivity contribution in [3.63, 3.8) is 0 Å². The molecule has 2 heterocycles. The second kappa shape index (κ2) is 10.7. The Bertz CT molecular complexity index is 910. The zero-order chi connectivity index (χ0) is 22.3. The lowest BCUT2D eigenvalue weighted by Crippen LogP contribution is -2.37. The van der Waals surface area contributed by atoms with Crippen LogP contribution in [0.25, 0.3) is 0 Å². The second-order valence-electron chi connectivity index (χ2n) is 8.73. The van der Waals surface area contributed by atoms with E-state index in [0.29, 0.717) is 23.8 Å². The minimum absolute atomic E-state index is 0.0912. The van der Waals surface area contributed by atoms with Crippen LogP contribution in [-0.4, -0.2) is 62.7 Å². The number of hydrogen-bond donors (Lipinski definition) is 0. The Hall–Kier alpha value is -2.73. The first-order valence-electron chi connectivity index (χ1n) is 11.6. The molecule has 4 rings (SSSR count). The molecular formula is C26H34N2O4. The third-order valence-electron chi connectivity index (χ3n) is 6.47. The largest absolute Gasteiger partial charge is 0.497 e. The fourth-order valence-electron chi connectivity index (χ4n) is 4.74. The summed E-state index contributed by atoms with van der Waals surface area (Å²) in [4.78, 5) is 17.3. The number of carbonyl (C=O) groups is 1. The summed E-state index contributed by atoms with van der Waals surface area (Å²) in [6, 6.07) is 13.6. The van der Waals surface area contributed by atoms with Gasteiger partial charge in [-0.05, 0) is 62.6 Å². The number of benzene rings is 2. The molecular weight excluding hydrogens is 404 g/mol. The quantitative estimate of drug-likeness (QED) is 0.617. The van der Waals surface area contributed by atoms with Gasteiger partial charge in [-0.3, -0.25) is 9.69 Å². The summed E-state index contributed by atoms with van der Waals surface area (Å²) in [5, 5.41) is 0. The Labute approximate surface area is 191 Å². The van der Waals surface area contributed by atoms with Crippen LogP contribution in [0.1, 0.15) is 41.6 Å². The lowest BCUT2D eigenvalue weighted by Gasteiger charge is -2.33. The van der Waals surface area contributed by atoms with E-state index in [-0.39, 0.29) is 5.91 Å². The van der Waals surface area contributed by atoms with Gasteiger partial charge in [-0.2, -0.15) is 0 Å². The van der Waals surface area contributed by atoms with E-state index in [0.717, 1.165) is 75.5 Å². The van der Waals surface area contributed by atoms with Crippen molar-refractivity contribution in [3.8, 4) is 17.2 Å². The Morgan fingerprint density at radius 3 is 2.56 bits per heavy atom. The summed E-state index contributed by atoms with van der Waals surface area (Å²) in [6.45, 7) is 5.15. The number of likely N-dealkylation sites (tertiary alicyclic amines) is 2. The van der Waals surface area contributed by atoms with Gasteiger partial charge in [-0.25, -0.2) is 0 Å². The minimum Gasteiger partial charge on any atom is -0.497 e. The number of ether oxygens (including phenoxy) is 3. The molecule has 0 N–H and O–H groups in total. The van der Waals surface area contributed by atoms with E-state index in [1.54, 1.807) is 14.2 Å². The molecule has 6 heteroatoms. The van der Waals surface area contributed by atoms with E-state index < -0.39 is 0 Å². The lowest BCUT2D eigenvalue weighted by molar-refractivity contribution is 0.0784. The fourth-order valence-corrected chi connectivity index (χ4v) is 4.74. The molecule has 0 aliphatic carbocycles. The number of nitrogens with zero attached hydrogens (tertiary/aromatic N) is 2. The van der Waals surface area contributed by atoms with Crippen LogP contribution >= 0.6 is 0 Å². The van der Waals surface area contributed by atoms with Crippen molar-refractivity contribution in [2.75, 3.05) is 47.0 Å². The van der Waals surface area contributed by atoms with Crippen LogP contribution in [-0.2, 0) is 6.54 Å². The van der Waals surface area contributed by atoms with E-state index in [9.17, 15) is 4.79 Å². The van der Waals surface area contributed by atoms with E-state index in [1.807, 2.05) is 41.3 Å². The monoisotopic (exact) mass is 438 g/mol. The van der Waals surface area contributed by atoms with Crippen LogP contribution in [0, 0.1) is 5.92 Å². The Morgan fingerprint density at radius 2 is 1.78 bits per heavy atom. The smallest absolute Gasteiger partial charge is 0.257 e. The van der Waals surface area contributed by atoms with Gasteiger partial charge in [0, 0.05) is 37.7 Å². The van der Waals surface area contributed by atoms with E-state index in [4.69, 9.17) is 14.2 Å². The average Bonchev–Trinajstić information content (AvgIpc) is 3.38. The maximum atomic E-state index is 12.9. The van der Waals surface area contributed by atoms with E-state index >= 15 is 0 Å². The van der Waals surface area contributed by atoms with Crippen LogP contribution in [0.3, 0.4) is 0 Å². The molecule has 0 radical (unpaired) electrons. The average molecular weight is 439 g/mol. The first kappa shape index (κ1) is 22.5. The number of para-hydroxylation sites is 1. The summed E-state index contributed by atoms with van der Waals surface area (Å²) in [5.41, 5.74) is 1.82. The van der Waals surface area contributed by atoms with Crippen LogP contribution in [0.5, 0.6) is 17.2 Å². The molecule has 2 saturated heterocycles. The number of rotatable bonds is 8. The molecule has 6 nitrogen and oxygen atoms in total. The summed E-state index contributed by atoms with van der Waals surface area (Å²) in [5.74, 6) is 2.95. The zero-order valence-corrected chi connectivity index (χ0v) is 19.2. The standard InChI is InChI=1S/C26H34N2O4/c1-30-22-11-12-24(31-2)21(16-22)18-27-13-7-8-20(17-27)19-32-25-10-4-3-9-23(25)26(29)28-14-5-6-15-28/h3-4,9-12,16,20H,5-8,13-15,17-19H2,1-2H3. The highest BCUT2D eigenvalue weighted by atomic mass is 16.5.